The molecule has 0 aromatic carbocycles. The summed E-state index contributed by atoms with van der Waals surface area (Å²) in [5.74, 6) is -0.382. The van der Waals surface area contributed by atoms with Crippen molar-refractivity contribution >= 4 is 21.8 Å². The first-order valence-electron chi connectivity index (χ1n) is 8.79. The molecule has 26 heavy (non-hydrogen) atoms. The Kier molecular flexibility index (Phi) is 6.76. The number of rotatable bonds is 6. The van der Waals surface area contributed by atoms with Crippen LogP contribution in [0.15, 0.2) is 12.4 Å². The summed E-state index contributed by atoms with van der Waals surface area (Å²) in [6, 6.07) is 0.186. The number of aromatic nitrogens is 2. The summed E-state index contributed by atoms with van der Waals surface area (Å²) < 4.78 is 23.6. The number of amides is 2. The van der Waals surface area contributed by atoms with Gasteiger partial charge in [0.2, 0.25) is 15.9 Å². The molecule has 0 bridgehead atoms. The highest BCUT2D eigenvalue weighted by Crippen LogP contribution is 2.12. The minimum Gasteiger partial charge on any atom is -0.341 e. The molecule has 2 heterocycles. The van der Waals surface area contributed by atoms with Crippen LogP contribution in [-0.2, 0) is 14.8 Å². The fourth-order valence-electron chi connectivity index (χ4n) is 2.87. The van der Waals surface area contributed by atoms with E-state index in [1.807, 2.05) is 13.8 Å². The van der Waals surface area contributed by atoms with Gasteiger partial charge in [0.05, 0.1) is 17.5 Å². The number of carbonyl (C=O) groups excluding carboxylic acids is 2. The molecule has 0 spiro atoms. The van der Waals surface area contributed by atoms with Crippen molar-refractivity contribution in [3.63, 3.8) is 0 Å². The molecule has 9 nitrogen and oxygen atoms in total. The second-order valence-corrected chi connectivity index (χ2v) is 8.53. The quantitative estimate of drug-likeness (QED) is 0.751. The van der Waals surface area contributed by atoms with Crippen molar-refractivity contribution in [1.82, 2.24) is 19.6 Å². The summed E-state index contributed by atoms with van der Waals surface area (Å²) in [7, 11) is -3.54. The van der Waals surface area contributed by atoms with E-state index in [4.69, 9.17) is 5.14 Å². The van der Waals surface area contributed by atoms with Crippen molar-refractivity contribution in [2.24, 2.45) is 5.14 Å². The van der Waals surface area contributed by atoms with Crippen molar-refractivity contribution in [1.29, 1.82) is 0 Å². The average molecular weight is 385 g/mol. The van der Waals surface area contributed by atoms with Crippen molar-refractivity contribution in [3.05, 3.63) is 18.0 Å². The van der Waals surface area contributed by atoms with Crippen LogP contribution in [0, 0.1) is 0 Å². The van der Waals surface area contributed by atoms with Crippen LogP contribution in [0.3, 0.4) is 0 Å². The third-order valence-corrected chi connectivity index (χ3v) is 5.19. The summed E-state index contributed by atoms with van der Waals surface area (Å²) in [6.07, 6.45) is 4.36. The fourth-order valence-corrected chi connectivity index (χ4v) is 3.41. The van der Waals surface area contributed by atoms with Crippen LogP contribution >= 0.6 is 0 Å². The van der Waals surface area contributed by atoms with E-state index < -0.39 is 10.0 Å². The molecule has 2 N–H and O–H groups in total. The highest BCUT2D eigenvalue weighted by atomic mass is 32.2. The number of hydrogen-bond donors (Lipinski definition) is 1. The van der Waals surface area contributed by atoms with Crippen molar-refractivity contribution in [3.8, 4) is 0 Å². The minimum absolute atomic E-state index is 0.0829. The summed E-state index contributed by atoms with van der Waals surface area (Å²) >= 11 is 0. The minimum atomic E-state index is -3.54. The lowest BCUT2D eigenvalue weighted by atomic mass is 10.3. The monoisotopic (exact) mass is 385 g/mol. The lowest BCUT2D eigenvalue weighted by molar-refractivity contribution is -0.131. The van der Waals surface area contributed by atoms with Gasteiger partial charge in [0.25, 0.3) is 5.91 Å². The van der Waals surface area contributed by atoms with E-state index in [1.165, 1.54) is 0 Å². The van der Waals surface area contributed by atoms with Gasteiger partial charge in [-0.1, -0.05) is 0 Å². The molecule has 1 fully saturated rings. The van der Waals surface area contributed by atoms with Crippen LogP contribution in [0.1, 0.15) is 49.5 Å². The SMILES string of the molecule is CC(C)n1cc(C(=O)N2CCCN(C(=O)CCCS(N)(=O)=O)CC2)cn1. The van der Waals surface area contributed by atoms with Crippen molar-refractivity contribution < 1.29 is 18.0 Å². The molecule has 1 aromatic rings. The Morgan fingerprint density at radius 3 is 2.46 bits per heavy atom. The van der Waals surface area contributed by atoms with E-state index >= 15 is 0 Å². The molecule has 10 heteroatoms. The standard InChI is InChI=1S/C16H27N5O4S/c1-13(2)21-12-14(11-18-21)16(23)20-7-4-6-19(8-9-20)15(22)5-3-10-26(17,24)25/h11-13H,3-10H2,1-2H3,(H2,17,24,25). The van der Waals surface area contributed by atoms with E-state index in [2.05, 4.69) is 5.10 Å². The second kappa shape index (κ2) is 8.63. The average Bonchev–Trinajstić information content (AvgIpc) is 2.91. The Balaban J connectivity index is 1.88. The maximum absolute atomic E-state index is 12.6. The van der Waals surface area contributed by atoms with Crippen molar-refractivity contribution in [2.75, 3.05) is 31.9 Å². The Morgan fingerprint density at radius 1 is 1.19 bits per heavy atom. The van der Waals surface area contributed by atoms with Crippen LogP contribution in [0.2, 0.25) is 0 Å². The molecule has 0 unspecified atom stereocenters. The molecular formula is C16H27N5O4S. The lowest BCUT2D eigenvalue weighted by Crippen LogP contribution is -2.37. The van der Waals surface area contributed by atoms with Gasteiger partial charge in [0.1, 0.15) is 0 Å². The second-order valence-electron chi connectivity index (χ2n) is 6.80. The summed E-state index contributed by atoms with van der Waals surface area (Å²) in [6.45, 7) is 6.01. The van der Waals surface area contributed by atoms with E-state index in [0.717, 1.165) is 0 Å². The summed E-state index contributed by atoms with van der Waals surface area (Å²) in [5.41, 5.74) is 0.548. The molecule has 0 radical (unpaired) electrons. The van der Waals surface area contributed by atoms with Gasteiger partial charge in [-0.3, -0.25) is 14.3 Å². The van der Waals surface area contributed by atoms with Gasteiger partial charge in [-0.15, -0.1) is 0 Å². The maximum atomic E-state index is 12.6. The molecule has 1 saturated heterocycles. The Labute approximate surface area is 154 Å². The van der Waals surface area contributed by atoms with Gasteiger partial charge in [0.15, 0.2) is 0 Å². The number of nitrogens with two attached hydrogens (primary N) is 1. The fraction of sp³-hybridized carbons (Fsp3) is 0.688. The third kappa shape index (κ3) is 5.80. The smallest absolute Gasteiger partial charge is 0.257 e. The maximum Gasteiger partial charge on any atom is 0.257 e. The van der Waals surface area contributed by atoms with Crippen molar-refractivity contribution in [2.45, 2.75) is 39.2 Å². The van der Waals surface area contributed by atoms with Gasteiger partial charge in [0, 0.05) is 44.8 Å². The van der Waals surface area contributed by atoms with Crippen LogP contribution in [-0.4, -0.2) is 71.7 Å². The molecule has 1 aliphatic rings. The molecule has 0 atom stereocenters. The molecule has 2 amide bonds. The number of hydrogen-bond acceptors (Lipinski definition) is 5. The molecule has 2 rings (SSSR count). The van der Waals surface area contributed by atoms with Crippen LogP contribution < -0.4 is 5.14 Å². The number of sulfonamides is 1. The van der Waals surface area contributed by atoms with Gasteiger partial charge in [-0.2, -0.15) is 5.10 Å². The van der Waals surface area contributed by atoms with Gasteiger partial charge in [-0.25, -0.2) is 13.6 Å². The number of primary sulfonamides is 1. The normalized spacial score (nSPS) is 16.0. The third-order valence-electron chi connectivity index (χ3n) is 4.33. The molecule has 0 saturated carbocycles. The van der Waals surface area contributed by atoms with Crippen LogP contribution in [0.4, 0.5) is 0 Å². The van der Waals surface area contributed by atoms with Gasteiger partial charge < -0.3 is 9.80 Å². The zero-order valence-electron chi connectivity index (χ0n) is 15.3. The van der Waals surface area contributed by atoms with E-state index in [-0.39, 0.29) is 36.5 Å². The predicted molar refractivity (Wildman–Crippen MR) is 96.9 cm³/mol. The molecule has 1 aromatic heterocycles. The molecule has 146 valence electrons. The zero-order chi connectivity index (χ0) is 19.3. The first kappa shape index (κ1) is 20.4. The number of carbonyl (C=O) groups is 2. The Hall–Kier alpha value is -1.94. The molecule has 0 aliphatic carbocycles. The van der Waals surface area contributed by atoms with Gasteiger partial charge in [-0.05, 0) is 26.7 Å². The summed E-state index contributed by atoms with van der Waals surface area (Å²) in [5, 5.41) is 9.15. The first-order valence-corrected chi connectivity index (χ1v) is 10.5. The molecular weight excluding hydrogens is 358 g/mol. The van der Waals surface area contributed by atoms with Crippen LogP contribution in [0.5, 0.6) is 0 Å². The predicted octanol–water partition coefficient (Wildman–Crippen LogP) is 0.207. The first-order chi connectivity index (χ1) is 12.2. The highest BCUT2D eigenvalue weighted by Gasteiger charge is 2.23. The Bertz CT molecular complexity index is 744. The Morgan fingerprint density at radius 2 is 1.85 bits per heavy atom. The van der Waals surface area contributed by atoms with Crippen LogP contribution in [0.25, 0.3) is 0 Å². The van der Waals surface area contributed by atoms with E-state index in [1.54, 1.807) is 26.9 Å². The topological polar surface area (TPSA) is 119 Å². The van der Waals surface area contributed by atoms with E-state index in [9.17, 15) is 18.0 Å². The van der Waals surface area contributed by atoms with E-state index in [0.29, 0.717) is 38.2 Å². The largest absolute Gasteiger partial charge is 0.341 e. The lowest BCUT2D eigenvalue weighted by Gasteiger charge is -2.22. The van der Waals surface area contributed by atoms with Gasteiger partial charge >= 0.3 is 0 Å². The molecule has 1 aliphatic heterocycles. The summed E-state index contributed by atoms with van der Waals surface area (Å²) in [4.78, 5) is 28.3. The number of nitrogens with zero attached hydrogens (tertiary/aromatic N) is 4. The highest BCUT2D eigenvalue weighted by molar-refractivity contribution is 7.89. The zero-order valence-corrected chi connectivity index (χ0v) is 16.1.